The molecule has 1 amide bonds. The number of hydroxylamine groups is 2. The molecule has 0 aliphatic carbocycles. The number of H-pyrrole nitrogens is 1. The third-order valence-corrected chi connectivity index (χ3v) is 6.72. The Bertz CT molecular complexity index is 1190. The molecular weight excluding hydrogens is 418 g/mol. The van der Waals surface area contributed by atoms with Crippen molar-refractivity contribution in [2.45, 2.75) is 46.6 Å². The molecule has 1 saturated heterocycles. The quantitative estimate of drug-likeness (QED) is 0.620. The number of aromatic amines is 1. The van der Waals surface area contributed by atoms with Gasteiger partial charge in [-0.05, 0) is 26.2 Å². The number of aromatic nitrogens is 4. The van der Waals surface area contributed by atoms with Gasteiger partial charge in [-0.1, -0.05) is 13.8 Å². The lowest BCUT2D eigenvalue weighted by Gasteiger charge is -2.15. The van der Waals surface area contributed by atoms with Crippen LogP contribution in [-0.4, -0.2) is 55.3 Å². The van der Waals surface area contributed by atoms with E-state index in [1.165, 1.54) is 16.0 Å². The molecule has 0 radical (unpaired) electrons. The van der Waals surface area contributed by atoms with Crippen LogP contribution in [0.2, 0.25) is 0 Å². The highest BCUT2D eigenvalue weighted by Gasteiger charge is 2.33. The average molecular weight is 446 g/mol. The number of carbonyl (C=O) groups excluding carboxylic acids is 1. The second kappa shape index (κ2) is 8.18. The smallest absolute Gasteiger partial charge is 0.279 e. The molecule has 0 aromatic carbocycles. The highest BCUT2D eigenvalue weighted by atomic mass is 32.1. The van der Waals surface area contributed by atoms with Crippen LogP contribution in [0.5, 0.6) is 0 Å². The zero-order valence-electron chi connectivity index (χ0n) is 18.4. The van der Waals surface area contributed by atoms with E-state index in [-0.39, 0.29) is 18.7 Å². The molecule has 1 atom stereocenters. The zero-order chi connectivity index (χ0) is 22.4. The summed E-state index contributed by atoms with van der Waals surface area (Å²) in [5.41, 5.74) is 3.61. The molecule has 0 saturated carbocycles. The van der Waals surface area contributed by atoms with Crippen LogP contribution >= 0.6 is 11.3 Å². The SMILES string of the molecule is Cc1n[nH]c(C)c1Cc1sc2c(CC(C)C)nn(C)c(=O)c2c1C(=O)N1CC(O)CO1. The summed E-state index contributed by atoms with van der Waals surface area (Å²) < 4.78 is 2.05. The van der Waals surface area contributed by atoms with E-state index in [2.05, 4.69) is 29.1 Å². The molecule has 166 valence electrons. The van der Waals surface area contributed by atoms with Crippen LogP contribution in [0.15, 0.2) is 4.79 Å². The normalized spacial score (nSPS) is 16.7. The first-order valence-electron chi connectivity index (χ1n) is 10.3. The summed E-state index contributed by atoms with van der Waals surface area (Å²) >= 11 is 1.44. The molecule has 4 rings (SSSR count). The van der Waals surface area contributed by atoms with Crippen LogP contribution in [0.3, 0.4) is 0 Å². The van der Waals surface area contributed by atoms with E-state index in [9.17, 15) is 14.7 Å². The molecule has 0 bridgehead atoms. The number of β-amino-alcohol motifs (C(OH)–C–C–N with tert-alkyl or cyclic N) is 1. The Kier molecular flexibility index (Phi) is 5.71. The number of amides is 1. The van der Waals surface area contributed by atoms with Gasteiger partial charge in [-0.2, -0.15) is 10.2 Å². The summed E-state index contributed by atoms with van der Waals surface area (Å²) in [7, 11) is 1.61. The van der Waals surface area contributed by atoms with E-state index < -0.39 is 12.0 Å². The fourth-order valence-corrected chi connectivity index (χ4v) is 5.21. The molecule has 1 fully saturated rings. The Balaban J connectivity index is 1.95. The van der Waals surface area contributed by atoms with Crippen molar-refractivity contribution in [3.8, 4) is 0 Å². The fourth-order valence-electron chi connectivity index (χ4n) is 3.92. The van der Waals surface area contributed by atoms with Crippen LogP contribution in [0.4, 0.5) is 0 Å². The van der Waals surface area contributed by atoms with Crippen molar-refractivity contribution in [2.24, 2.45) is 13.0 Å². The predicted octanol–water partition coefficient (Wildman–Crippen LogP) is 1.87. The Morgan fingerprint density at radius 2 is 2.13 bits per heavy atom. The van der Waals surface area contributed by atoms with Crippen molar-refractivity contribution >= 4 is 27.3 Å². The maximum atomic E-state index is 13.5. The second-order valence-corrected chi connectivity index (χ2v) is 9.59. The van der Waals surface area contributed by atoms with E-state index in [4.69, 9.17) is 4.84 Å². The average Bonchev–Trinajstić information content (AvgIpc) is 3.39. The molecule has 1 aliphatic rings. The maximum Gasteiger partial charge on any atom is 0.279 e. The van der Waals surface area contributed by atoms with Gasteiger partial charge in [0.2, 0.25) is 0 Å². The van der Waals surface area contributed by atoms with Crippen molar-refractivity contribution in [1.82, 2.24) is 25.0 Å². The van der Waals surface area contributed by atoms with Gasteiger partial charge in [-0.15, -0.1) is 11.3 Å². The van der Waals surface area contributed by atoms with E-state index in [1.807, 2.05) is 13.8 Å². The number of aliphatic hydroxyl groups is 1. The van der Waals surface area contributed by atoms with Crippen LogP contribution in [0, 0.1) is 19.8 Å². The summed E-state index contributed by atoms with van der Waals surface area (Å²) in [4.78, 5) is 32.8. The van der Waals surface area contributed by atoms with Gasteiger partial charge >= 0.3 is 0 Å². The lowest BCUT2D eigenvalue weighted by Crippen LogP contribution is -2.31. The molecule has 9 nitrogen and oxygen atoms in total. The highest BCUT2D eigenvalue weighted by molar-refractivity contribution is 7.19. The van der Waals surface area contributed by atoms with Crippen LogP contribution in [0.25, 0.3) is 10.1 Å². The molecule has 2 N–H and O–H groups in total. The Hall–Kier alpha value is -2.56. The molecule has 31 heavy (non-hydrogen) atoms. The monoisotopic (exact) mass is 445 g/mol. The van der Waals surface area contributed by atoms with Crippen LogP contribution in [-0.2, 0) is 24.7 Å². The van der Waals surface area contributed by atoms with Gasteiger partial charge in [0.15, 0.2) is 0 Å². The van der Waals surface area contributed by atoms with Crippen molar-refractivity contribution in [3.05, 3.63) is 43.4 Å². The number of hydrogen-bond acceptors (Lipinski definition) is 7. The van der Waals surface area contributed by atoms with Crippen molar-refractivity contribution in [1.29, 1.82) is 0 Å². The molecule has 3 aromatic rings. The number of aryl methyl sites for hydroxylation is 3. The maximum absolute atomic E-state index is 13.5. The molecule has 10 heteroatoms. The standard InChI is InChI=1S/C21H27N5O4S/c1-10(2)6-15-19-18(20(28)25(5)24-15)17(21(29)26-8-13(27)9-30-26)16(31-19)7-14-11(3)22-23-12(14)4/h10,13,27H,6-9H2,1-5H3,(H,22,23). The number of thiophene rings is 1. The van der Waals surface area contributed by atoms with Gasteiger partial charge in [0, 0.05) is 29.6 Å². The number of nitrogens with zero attached hydrogens (tertiary/aromatic N) is 4. The molecule has 4 heterocycles. The van der Waals surface area contributed by atoms with Gasteiger partial charge < -0.3 is 5.11 Å². The third kappa shape index (κ3) is 3.90. The minimum atomic E-state index is -0.739. The Morgan fingerprint density at radius 1 is 1.39 bits per heavy atom. The molecule has 1 aliphatic heterocycles. The number of carbonyl (C=O) groups is 1. The van der Waals surface area contributed by atoms with Gasteiger partial charge in [-0.3, -0.25) is 19.5 Å². The number of aliphatic hydroxyl groups excluding tert-OH is 1. The molecule has 0 spiro atoms. The number of nitrogens with one attached hydrogen (secondary N) is 1. The summed E-state index contributed by atoms with van der Waals surface area (Å²) in [6.07, 6.45) is 0.424. The predicted molar refractivity (Wildman–Crippen MR) is 117 cm³/mol. The fraction of sp³-hybridized carbons (Fsp3) is 0.524. The summed E-state index contributed by atoms with van der Waals surface area (Å²) in [5, 5.41) is 23.1. The minimum Gasteiger partial charge on any atom is -0.389 e. The summed E-state index contributed by atoms with van der Waals surface area (Å²) in [6, 6.07) is 0. The summed E-state index contributed by atoms with van der Waals surface area (Å²) in [5.74, 6) is -0.0660. The van der Waals surface area contributed by atoms with Gasteiger partial charge in [-0.25, -0.2) is 9.75 Å². The van der Waals surface area contributed by atoms with E-state index >= 15 is 0 Å². The lowest BCUT2D eigenvalue weighted by molar-refractivity contribution is -0.0778. The van der Waals surface area contributed by atoms with Crippen molar-refractivity contribution in [2.75, 3.05) is 13.2 Å². The van der Waals surface area contributed by atoms with Gasteiger partial charge in [0.25, 0.3) is 11.5 Å². The Morgan fingerprint density at radius 3 is 2.71 bits per heavy atom. The third-order valence-electron chi connectivity index (χ3n) is 5.48. The minimum absolute atomic E-state index is 0.0568. The first-order valence-corrected chi connectivity index (χ1v) is 11.1. The number of rotatable bonds is 5. The number of fused-ring (bicyclic) bond motifs is 1. The van der Waals surface area contributed by atoms with Gasteiger partial charge in [0.05, 0.1) is 33.6 Å². The van der Waals surface area contributed by atoms with Crippen molar-refractivity contribution in [3.63, 3.8) is 0 Å². The van der Waals surface area contributed by atoms with E-state index in [1.54, 1.807) is 7.05 Å². The largest absolute Gasteiger partial charge is 0.389 e. The van der Waals surface area contributed by atoms with Gasteiger partial charge in [0.1, 0.15) is 12.7 Å². The number of hydrogen-bond donors (Lipinski definition) is 2. The Labute approximate surface area is 183 Å². The first-order chi connectivity index (χ1) is 14.7. The molecule has 1 unspecified atom stereocenters. The lowest BCUT2D eigenvalue weighted by atomic mass is 10.0. The van der Waals surface area contributed by atoms with Crippen LogP contribution in [0.1, 0.15) is 51.7 Å². The molecular formula is C21H27N5O4S. The summed E-state index contributed by atoms with van der Waals surface area (Å²) in [6.45, 7) is 8.17. The highest BCUT2D eigenvalue weighted by Crippen LogP contribution is 2.35. The zero-order valence-corrected chi connectivity index (χ0v) is 19.2. The topological polar surface area (TPSA) is 113 Å². The van der Waals surface area contributed by atoms with E-state index in [0.29, 0.717) is 29.7 Å². The second-order valence-electron chi connectivity index (χ2n) is 8.48. The van der Waals surface area contributed by atoms with Crippen LogP contribution < -0.4 is 5.56 Å². The molecule has 3 aromatic heterocycles. The first kappa shape index (κ1) is 21.7. The van der Waals surface area contributed by atoms with Crippen molar-refractivity contribution < 1.29 is 14.7 Å². The van der Waals surface area contributed by atoms with E-state index in [0.717, 1.165) is 37.3 Å².